The molecule has 0 bridgehead atoms. The molecule has 9 nitrogen and oxygen atoms in total. The molecule has 1 aromatic carbocycles. The highest BCUT2D eigenvalue weighted by Crippen LogP contribution is 2.18. The molecule has 28 heavy (non-hydrogen) atoms. The van der Waals surface area contributed by atoms with Gasteiger partial charge in [-0.1, -0.05) is 12.1 Å². The molecule has 0 spiro atoms. The number of aromatic nitrogens is 4. The quantitative estimate of drug-likeness (QED) is 0.586. The molecule has 10 heteroatoms. The predicted octanol–water partition coefficient (Wildman–Crippen LogP) is 0.169. The van der Waals surface area contributed by atoms with Crippen LogP contribution in [-0.2, 0) is 25.4 Å². The molecule has 3 rings (SSSR count). The van der Waals surface area contributed by atoms with Crippen molar-refractivity contribution in [2.24, 2.45) is 14.1 Å². The van der Waals surface area contributed by atoms with E-state index in [4.69, 9.17) is 0 Å². The third-order valence-corrected chi connectivity index (χ3v) is 4.38. The van der Waals surface area contributed by atoms with Crippen LogP contribution in [-0.4, -0.2) is 37.7 Å². The minimum Gasteiger partial charge on any atom is -0.355 e. The van der Waals surface area contributed by atoms with Gasteiger partial charge in [0.15, 0.2) is 11.2 Å². The largest absolute Gasteiger partial charge is 0.355 e. The molecule has 2 aromatic heterocycles. The fraction of sp³-hybridized carbons (Fsp3) is 0.333. The molecule has 0 saturated heterocycles. The number of imidazole rings is 1. The Morgan fingerprint density at radius 3 is 2.43 bits per heavy atom. The second-order valence-corrected chi connectivity index (χ2v) is 6.44. The zero-order valence-corrected chi connectivity index (χ0v) is 15.8. The van der Waals surface area contributed by atoms with Crippen molar-refractivity contribution < 1.29 is 9.18 Å². The van der Waals surface area contributed by atoms with Crippen molar-refractivity contribution in [1.82, 2.24) is 24.0 Å². The number of halogens is 1. The van der Waals surface area contributed by atoms with Crippen molar-refractivity contribution in [3.63, 3.8) is 0 Å². The van der Waals surface area contributed by atoms with E-state index >= 15 is 0 Å². The fourth-order valence-corrected chi connectivity index (χ4v) is 2.92. The molecule has 0 saturated carbocycles. The maximum Gasteiger partial charge on any atom is 0.332 e. The minimum atomic E-state index is -0.478. The van der Waals surface area contributed by atoms with E-state index in [-0.39, 0.29) is 29.4 Å². The highest BCUT2D eigenvalue weighted by molar-refractivity contribution is 5.74. The van der Waals surface area contributed by atoms with Crippen LogP contribution >= 0.6 is 0 Å². The Bertz CT molecular complexity index is 1140. The third-order valence-electron chi connectivity index (χ3n) is 4.38. The highest BCUT2D eigenvalue weighted by Gasteiger charge is 2.19. The van der Waals surface area contributed by atoms with E-state index in [0.29, 0.717) is 19.0 Å². The Morgan fingerprint density at radius 1 is 1.11 bits per heavy atom. The summed E-state index contributed by atoms with van der Waals surface area (Å²) >= 11 is 0. The molecule has 2 heterocycles. The van der Waals surface area contributed by atoms with Gasteiger partial charge in [0, 0.05) is 34.1 Å². The maximum absolute atomic E-state index is 13.2. The van der Waals surface area contributed by atoms with Crippen LogP contribution in [0.4, 0.5) is 10.3 Å². The van der Waals surface area contributed by atoms with E-state index in [2.05, 4.69) is 15.6 Å². The molecule has 3 aromatic rings. The van der Waals surface area contributed by atoms with Crippen molar-refractivity contribution in [3.8, 4) is 0 Å². The lowest BCUT2D eigenvalue weighted by atomic mass is 10.2. The van der Waals surface area contributed by atoms with Gasteiger partial charge >= 0.3 is 5.69 Å². The van der Waals surface area contributed by atoms with E-state index in [1.54, 1.807) is 23.7 Å². The molecular formula is C18H21FN6O3. The SMILES string of the molecule is CC(=O)NCCNc1nc2c(c(=O)n(C)c(=O)n2C)n1Cc1ccc(F)cc1. The van der Waals surface area contributed by atoms with Crippen LogP contribution in [0.5, 0.6) is 0 Å². The van der Waals surface area contributed by atoms with Crippen LogP contribution in [0.3, 0.4) is 0 Å². The van der Waals surface area contributed by atoms with Gasteiger partial charge in [-0.15, -0.1) is 0 Å². The Morgan fingerprint density at radius 2 is 1.79 bits per heavy atom. The highest BCUT2D eigenvalue weighted by atomic mass is 19.1. The summed E-state index contributed by atoms with van der Waals surface area (Å²) in [4.78, 5) is 40.4. The number of hydrogen-bond donors (Lipinski definition) is 2. The first-order valence-corrected chi connectivity index (χ1v) is 8.68. The number of amides is 1. The molecular weight excluding hydrogens is 367 g/mol. The predicted molar refractivity (Wildman–Crippen MR) is 103 cm³/mol. The van der Waals surface area contributed by atoms with Crippen LogP contribution in [0.2, 0.25) is 0 Å². The summed E-state index contributed by atoms with van der Waals surface area (Å²) in [6.07, 6.45) is 0. The zero-order valence-electron chi connectivity index (χ0n) is 15.8. The molecule has 0 aliphatic heterocycles. The number of fused-ring (bicyclic) bond motifs is 1. The monoisotopic (exact) mass is 388 g/mol. The molecule has 0 radical (unpaired) electrons. The summed E-state index contributed by atoms with van der Waals surface area (Å²) in [5, 5.41) is 5.75. The molecule has 0 atom stereocenters. The number of rotatable bonds is 6. The topological polar surface area (TPSA) is 103 Å². The third kappa shape index (κ3) is 3.66. The summed E-state index contributed by atoms with van der Waals surface area (Å²) in [5.74, 6) is -0.132. The first kappa shape index (κ1) is 19.3. The van der Waals surface area contributed by atoms with Crippen LogP contribution in [0.25, 0.3) is 11.2 Å². The lowest BCUT2D eigenvalue weighted by Crippen LogP contribution is -2.37. The number of nitrogens with one attached hydrogen (secondary N) is 2. The second-order valence-electron chi connectivity index (χ2n) is 6.44. The molecule has 0 unspecified atom stereocenters. The summed E-state index contributed by atoms with van der Waals surface area (Å²) in [6, 6.07) is 5.92. The first-order chi connectivity index (χ1) is 13.3. The second kappa shape index (κ2) is 7.67. The lowest BCUT2D eigenvalue weighted by molar-refractivity contribution is -0.118. The average Bonchev–Trinajstić information content (AvgIpc) is 3.02. The molecule has 0 fully saturated rings. The summed E-state index contributed by atoms with van der Waals surface area (Å²) in [6.45, 7) is 2.42. The van der Waals surface area contributed by atoms with E-state index in [1.165, 1.54) is 30.7 Å². The van der Waals surface area contributed by atoms with E-state index in [9.17, 15) is 18.8 Å². The van der Waals surface area contributed by atoms with Crippen molar-refractivity contribution in [2.75, 3.05) is 18.4 Å². The normalized spacial score (nSPS) is 11.0. The molecule has 1 amide bonds. The Kier molecular flexibility index (Phi) is 5.30. The molecule has 148 valence electrons. The van der Waals surface area contributed by atoms with Gasteiger partial charge in [0.2, 0.25) is 11.9 Å². The van der Waals surface area contributed by atoms with Crippen molar-refractivity contribution in [2.45, 2.75) is 13.5 Å². The lowest BCUT2D eigenvalue weighted by Gasteiger charge is -2.11. The Balaban J connectivity index is 2.09. The number of carbonyl (C=O) groups excluding carboxylic acids is 1. The van der Waals surface area contributed by atoms with Gasteiger partial charge in [-0.2, -0.15) is 4.98 Å². The fourth-order valence-electron chi connectivity index (χ4n) is 2.92. The number of hydrogen-bond acceptors (Lipinski definition) is 5. The number of aryl methyl sites for hydroxylation is 1. The standard InChI is InChI=1S/C18H21FN6O3/c1-11(26)20-8-9-21-17-22-15-14(16(27)24(3)18(28)23(15)2)25(17)10-12-4-6-13(19)7-5-12/h4-7H,8-10H2,1-3H3,(H,20,26)(H,21,22). The van der Waals surface area contributed by atoms with Crippen molar-refractivity contribution in [3.05, 3.63) is 56.5 Å². The summed E-state index contributed by atoms with van der Waals surface area (Å²) in [5.41, 5.74) is 0.325. The van der Waals surface area contributed by atoms with Gasteiger partial charge in [0.1, 0.15) is 5.82 Å². The number of nitrogens with zero attached hydrogens (tertiary/aromatic N) is 4. The van der Waals surface area contributed by atoms with Gasteiger partial charge in [0.25, 0.3) is 5.56 Å². The van der Waals surface area contributed by atoms with E-state index in [1.807, 2.05) is 0 Å². The molecule has 2 N–H and O–H groups in total. The van der Waals surface area contributed by atoms with Gasteiger partial charge in [-0.25, -0.2) is 9.18 Å². The van der Waals surface area contributed by atoms with Gasteiger partial charge in [-0.3, -0.25) is 23.3 Å². The van der Waals surface area contributed by atoms with Gasteiger partial charge in [0.05, 0.1) is 6.54 Å². The maximum atomic E-state index is 13.2. The van der Waals surface area contributed by atoms with Crippen molar-refractivity contribution >= 4 is 23.0 Å². The van der Waals surface area contributed by atoms with Crippen LogP contribution in [0, 0.1) is 5.82 Å². The Labute approximate surface area is 159 Å². The molecule has 0 aliphatic rings. The number of anilines is 1. The summed E-state index contributed by atoms with van der Waals surface area (Å²) in [7, 11) is 2.95. The van der Waals surface area contributed by atoms with Crippen LogP contribution in [0.1, 0.15) is 12.5 Å². The smallest absolute Gasteiger partial charge is 0.332 e. The first-order valence-electron chi connectivity index (χ1n) is 8.68. The van der Waals surface area contributed by atoms with E-state index in [0.717, 1.165) is 10.1 Å². The zero-order chi connectivity index (χ0) is 20.4. The van der Waals surface area contributed by atoms with Gasteiger partial charge < -0.3 is 10.6 Å². The van der Waals surface area contributed by atoms with Crippen molar-refractivity contribution in [1.29, 1.82) is 0 Å². The summed E-state index contributed by atoms with van der Waals surface area (Å²) < 4.78 is 17.2. The van der Waals surface area contributed by atoms with Gasteiger partial charge in [-0.05, 0) is 17.7 Å². The number of carbonyl (C=O) groups is 1. The average molecular weight is 388 g/mol. The van der Waals surface area contributed by atoms with Crippen LogP contribution < -0.4 is 21.9 Å². The van der Waals surface area contributed by atoms with E-state index < -0.39 is 11.2 Å². The Hall–Kier alpha value is -3.43. The minimum absolute atomic E-state index is 0.155. The van der Waals surface area contributed by atoms with Crippen LogP contribution in [0.15, 0.2) is 33.9 Å². The number of benzene rings is 1. The molecule has 0 aliphatic carbocycles.